The summed E-state index contributed by atoms with van der Waals surface area (Å²) in [6.45, 7) is 0. The van der Waals surface area contributed by atoms with Crippen LogP contribution in [-0.2, 0) is 11.7 Å². The molecule has 0 saturated carbocycles. The summed E-state index contributed by atoms with van der Waals surface area (Å²) < 4.78 is 14.6. The van der Waals surface area contributed by atoms with Crippen molar-refractivity contribution in [1.29, 1.82) is 0 Å². The Kier molecular flexibility index (Phi) is 2.54. The molecular weight excluding hydrogens is 266 g/mol. The van der Waals surface area contributed by atoms with Crippen LogP contribution in [0.4, 0.5) is 4.39 Å². The first kappa shape index (κ1) is 10.1. The maximum absolute atomic E-state index is 13.2. The van der Waals surface area contributed by atoms with Crippen molar-refractivity contribution in [3.05, 3.63) is 65.0 Å². The molecule has 0 saturated heterocycles. The summed E-state index contributed by atoms with van der Waals surface area (Å²) in [5.41, 5.74) is 3.89. The van der Waals surface area contributed by atoms with Crippen LogP contribution in [0.5, 0.6) is 0 Å². The van der Waals surface area contributed by atoms with Gasteiger partial charge in [-0.1, -0.05) is 0 Å². The van der Waals surface area contributed by atoms with E-state index >= 15 is 0 Å². The van der Waals surface area contributed by atoms with Gasteiger partial charge in [0.05, 0.1) is 0 Å². The summed E-state index contributed by atoms with van der Waals surface area (Å²) in [5, 5.41) is 1.01. The van der Waals surface area contributed by atoms with Crippen LogP contribution in [0.15, 0.2) is 42.5 Å². The van der Waals surface area contributed by atoms with Crippen molar-refractivity contribution in [2.24, 2.45) is 0 Å². The summed E-state index contributed by atoms with van der Waals surface area (Å²) in [6, 6.07) is 13.8. The third kappa shape index (κ3) is 1.79. The fraction of sp³-hybridized carbons (Fsp3) is 0.143. The molecule has 80 valence electrons. The normalized spacial score (nSPS) is 13.8. The van der Waals surface area contributed by atoms with Crippen molar-refractivity contribution in [2.45, 2.75) is 11.7 Å². The Balaban J connectivity index is 2.08. The van der Waals surface area contributed by atoms with Gasteiger partial charge in [-0.05, 0) is 0 Å². The van der Waals surface area contributed by atoms with Gasteiger partial charge in [0, 0.05) is 0 Å². The molecule has 1 aliphatic heterocycles. The van der Waals surface area contributed by atoms with Crippen molar-refractivity contribution < 1.29 is 4.39 Å². The Morgan fingerprint density at radius 1 is 0.938 bits per heavy atom. The minimum atomic E-state index is -0.111. The van der Waals surface area contributed by atoms with Crippen LogP contribution in [0.3, 0.4) is 0 Å². The van der Waals surface area contributed by atoms with Gasteiger partial charge in [0.25, 0.3) is 0 Å². The van der Waals surface area contributed by atoms with Crippen LogP contribution < -0.4 is 4.46 Å². The van der Waals surface area contributed by atoms with E-state index in [0.29, 0.717) is 15.0 Å². The molecule has 0 fully saturated rings. The summed E-state index contributed by atoms with van der Waals surface area (Å²) in [6.07, 6.45) is 0.952. The Morgan fingerprint density at radius 2 is 1.81 bits per heavy atom. The number of hydrogen-bond acceptors (Lipinski definition) is 0. The third-order valence-corrected chi connectivity index (χ3v) is 5.35. The number of fused-ring (bicyclic) bond motifs is 2. The Labute approximate surface area is 101 Å². The van der Waals surface area contributed by atoms with E-state index in [1.54, 1.807) is 12.1 Å². The molecule has 16 heavy (non-hydrogen) atoms. The fourth-order valence-corrected chi connectivity index (χ4v) is 4.32. The number of hydrogen-bond donors (Lipinski definition) is 0. The second kappa shape index (κ2) is 4.04. The van der Waals surface area contributed by atoms with Gasteiger partial charge in [-0.2, -0.15) is 0 Å². The van der Waals surface area contributed by atoms with Crippen molar-refractivity contribution in [1.82, 2.24) is 0 Å². The van der Waals surface area contributed by atoms with E-state index in [1.165, 1.54) is 21.2 Å². The standard InChI is InChI=1S/C14H11FSe/c15-13-6-5-10-7-11-3-1-2-4-14(11)16-9-12(10)8-13/h1-6,8H,7,9H2. The molecule has 0 N–H and O–H groups in total. The first-order valence-electron chi connectivity index (χ1n) is 5.31. The third-order valence-electron chi connectivity index (χ3n) is 2.90. The summed E-state index contributed by atoms with van der Waals surface area (Å²) >= 11 is 0.440. The molecule has 0 atom stereocenters. The quantitative estimate of drug-likeness (QED) is 0.648. The molecule has 0 bridgehead atoms. The van der Waals surface area contributed by atoms with Gasteiger partial charge in [0.15, 0.2) is 0 Å². The molecule has 0 amide bonds. The summed E-state index contributed by atoms with van der Waals surface area (Å²) in [5.74, 6) is -0.111. The minimum absolute atomic E-state index is 0.111. The predicted octanol–water partition coefficient (Wildman–Crippen LogP) is 2.26. The van der Waals surface area contributed by atoms with E-state index in [9.17, 15) is 4.39 Å². The summed E-state index contributed by atoms with van der Waals surface area (Å²) in [4.78, 5) is 0. The molecular formula is C14H11FSe. The molecule has 0 unspecified atom stereocenters. The van der Waals surface area contributed by atoms with E-state index in [4.69, 9.17) is 0 Å². The zero-order valence-electron chi connectivity index (χ0n) is 8.74. The van der Waals surface area contributed by atoms with E-state index in [-0.39, 0.29) is 5.82 Å². The van der Waals surface area contributed by atoms with Crippen LogP contribution in [0, 0.1) is 5.82 Å². The van der Waals surface area contributed by atoms with Gasteiger partial charge >= 0.3 is 101 Å². The van der Waals surface area contributed by atoms with Crippen molar-refractivity contribution in [3.8, 4) is 0 Å². The average molecular weight is 277 g/mol. The van der Waals surface area contributed by atoms with Gasteiger partial charge in [0.1, 0.15) is 0 Å². The molecule has 2 heteroatoms. The average Bonchev–Trinajstić information content (AvgIpc) is 2.48. The first-order chi connectivity index (χ1) is 7.83. The predicted molar refractivity (Wildman–Crippen MR) is 64.7 cm³/mol. The van der Waals surface area contributed by atoms with Gasteiger partial charge < -0.3 is 0 Å². The van der Waals surface area contributed by atoms with E-state index in [2.05, 4.69) is 24.3 Å². The van der Waals surface area contributed by atoms with Gasteiger partial charge in [0.2, 0.25) is 0 Å². The van der Waals surface area contributed by atoms with Crippen molar-refractivity contribution in [3.63, 3.8) is 0 Å². The molecule has 0 aliphatic carbocycles. The monoisotopic (exact) mass is 278 g/mol. The molecule has 0 spiro atoms. The second-order valence-corrected chi connectivity index (χ2v) is 6.12. The molecule has 3 rings (SSSR count). The van der Waals surface area contributed by atoms with Crippen LogP contribution in [0.25, 0.3) is 0 Å². The SMILES string of the molecule is Fc1ccc2c(c1)C[Se]c1ccccc1C2. The number of benzene rings is 2. The molecule has 2 aromatic rings. The molecule has 0 nitrogen and oxygen atoms in total. The number of halogens is 1. The molecule has 0 aromatic heterocycles. The zero-order chi connectivity index (χ0) is 11.0. The van der Waals surface area contributed by atoms with E-state index in [0.717, 1.165) is 11.7 Å². The second-order valence-electron chi connectivity index (χ2n) is 3.99. The summed E-state index contributed by atoms with van der Waals surface area (Å²) in [7, 11) is 0. The molecule has 0 radical (unpaired) electrons. The van der Waals surface area contributed by atoms with Crippen LogP contribution in [0.1, 0.15) is 16.7 Å². The van der Waals surface area contributed by atoms with E-state index in [1.807, 2.05) is 6.07 Å². The Morgan fingerprint density at radius 3 is 2.75 bits per heavy atom. The molecule has 1 heterocycles. The Hall–Kier alpha value is -1.11. The Bertz CT molecular complexity index is 534. The van der Waals surface area contributed by atoms with Gasteiger partial charge in [-0.3, -0.25) is 0 Å². The molecule has 2 aromatic carbocycles. The topological polar surface area (TPSA) is 0 Å². The van der Waals surface area contributed by atoms with Crippen molar-refractivity contribution in [2.75, 3.05) is 0 Å². The van der Waals surface area contributed by atoms with E-state index < -0.39 is 0 Å². The van der Waals surface area contributed by atoms with Crippen LogP contribution in [0.2, 0.25) is 0 Å². The molecule has 1 aliphatic rings. The fourth-order valence-electron chi connectivity index (χ4n) is 2.05. The van der Waals surface area contributed by atoms with Crippen LogP contribution >= 0.6 is 0 Å². The van der Waals surface area contributed by atoms with Crippen molar-refractivity contribution >= 4 is 19.4 Å². The maximum atomic E-state index is 13.2. The van der Waals surface area contributed by atoms with Gasteiger partial charge in [-0.15, -0.1) is 0 Å². The zero-order valence-corrected chi connectivity index (χ0v) is 10.5. The first-order valence-corrected chi connectivity index (χ1v) is 7.38. The van der Waals surface area contributed by atoms with Crippen LogP contribution in [-0.4, -0.2) is 15.0 Å². The van der Waals surface area contributed by atoms with Gasteiger partial charge in [-0.25, -0.2) is 0 Å². The number of rotatable bonds is 0.